The zero-order valence-electron chi connectivity index (χ0n) is 10.4. The summed E-state index contributed by atoms with van der Waals surface area (Å²) in [5, 5.41) is 3.64. The summed E-state index contributed by atoms with van der Waals surface area (Å²) < 4.78 is 1.16. The maximum Gasteiger partial charge on any atom is 0.211 e. The molecule has 4 heteroatoms. The molecule has 3 aromatic rings. The third-order valence-corrected chi connectivity index (χ3v) is 3.97. The van der Waals surface area contributed by atoms with Crippen molar-refractivity contribution < 1.29 is 4.79 Å². The minimum Gasteiger partial charge on any atom is -0.328 e. The van der Waals surface area contributed by atoms with Crippen LogP contribution in [-0.4, -0.2) is 11.4 Å². The third kappa shape index (κ3) is 2.22. The third-order valence-electron chi connectivity index (χ3n) is 2.92. The molecular formula is C15H12N2OS. The number of rotatable bonds is 3. The summed E-state index contributed by atoms with van der Waals surface area (Å²) in [4.78, 5) is 15.3. The molecule has 0 aliphatic carbocycles. The summed E-state index contributed by atoms with van der Waals surface area (Å²) in [5.74, 6) is 0. The monoisotopic (exact) mass is 268 g/mol. The summed E-state index contributed by atoms with van der Waals surface area (Å²) in [6.45, 7) is 2.07. The number of benzene rings is 2. The lowest BCUT2D eigenvalue weighted by atomic mass is 10.2. The fourth-order valence-electron chi connectivity index (χ4n) is 2.01. The molecule has 0 fully saturated rings. The number of aromatic nitrogens is 1. The fraction of sp³-hybridized carbons (Fsp3) is 0.0667. The molecule has 0 saturated carbocycles. The van der Waals surface area contributed by atoms with Gasteiger partial charge in [-0.2, -0.15) is 0 Å². The molecule has 0 unspecified atom stereocenters. The molecule has 0 aliphatic heterocycles. The summed E-state index contributed by atoms with van der Waals surface area (Å²) in [6.07, 6.45) is 0.691. The first kappa shape index (κ1) is 11.9. The summed E-state index contributed by atoms with van der Waals surface area (Å²) in [7, 11) is 0. The van der Waals surface area contributed by atoms with Crippen LogP contribution in [0.25, 0.3) is 20.8 Å². The van der Waals surface area contributed by atoms with Gasteiger partial charge >= 0.3 is 0 Å². The lowest BCUT2D eigenvalue weighted by molar-refractivity contribution is -0.105. The van der Waals surface area contributed by atoms with Crippen molar-refractivity contribution in [2.45, 2.75) is 6.92 Å². The average Bonchev–Trinajstić information content (AvgIpc) is 2.82. The Hall–Kier alpha value is -2.20. The topological polar surface area (TPSA) is 42.0 Å². The van der Waals surface area contributed by atoms with Gasteiger partial charge in [-0.15, -0.1) is 11.3 Å². The number of nitrogens with zero attached hydrogens (tertiary/aromatic N) is 1. The molecule has 19 heavy (non-hydrogen) atoms. The molecule has 0 saturated heterocycles. The van der Waals surface area contributed by atoms with Gasteiger partial charge in [-0.1, -0.05) is 18.2 Å². The lowest BCUT2D eigenvalue weighted by Gasteiger charge is -2.04. The van der Waals surface area contributed by atoms with Gasteiger partial charge in [0.2, 0.25) is 6.41 Å². The Morgan fingerprint density at radius 3 is 2.89 bits per heavy atom. The van der Waals surface area contributed by atoms with Gasteiger partial charge in [0.05, 0.1) is 15.9 Å². The van der Waals surface area contributed by atoms with Gasteiger partial charge in [-0.3, -0.25) is 4.79 Å². The standard InChI is InChI=1S/C15H12N2OS/c1-10-6-7-13-14(8-10)19-15(17-13)11-4-2-3-5-12(11)16-9-18/h2-9H,1H3,(H,16,18). The highest BCUT2D eigenvalue weighted by molar-refractivity contribution is 7.21. The van der Waals surface area contributed by atoms with E-state index in [0.29, 0.717) is 6.41 Å². The van der Waals surface area contributed by atoms with Crippen LogP contribution in [0.2, 0.25) is 0 Å². The highest BCUT2D eigenvalue weighted by atomic mass is 32.1. The van der Waals surface area contributed by atoms with E-state index in [4.69, 9.17) is 0 Å². The van der Waals surface area contributed by atoms with Crippen LogP contribution in [-0.2, 0) is 4.79 Å². The quantitative estimate of drug-likeness (QED) is 0.733. The SMILES string of the molecule is Cc1ccc2nc(-c3ccccc3NC=O)sc2c1. The zero-order valence-corrected chi connectivity index (χ0v) is 11.2. The Kier molecular flexibility index (Phi) is 3.01. The van der Waals surface area contributed by atoms with Crippen molar-refractivity contribution in [1.82, 2.24) is 4.98 Å². The Balaban J connectivity index is 2.16. The number of aryl methyl sites for hydroxylation is 1. The summed E-state index contributed by atoms with van der Waals surface area (Å²) in [5.41, 5.74) is 3.95. The molecule has 0 aliphatic rings. The number of nitrogens with one attached hydrogen (secondary N) is 1. The van der Waals surface area contributed by atoms with Gasteiger partial charge < -0.3 is 5.32 Å². The van der Waals surface area contributed by atoms with Crippen molar-refractivity contribution in [2.75, 3.05) is 5.32 Å². The molecule has 1 aromatic heterocycles. The Bertz CT molecular complexity index is 749. The Morgan fingerprint density at radius 2 is 2.05 bits per heavy atom. The van der Waals surface area contributed by atoms with Gasteiger partial charge in [0.1, 0.15) is 5.01 Å². The number of hydrogen-bond acceptors (Lipinski definition) is 3. The highest BCUT2D eigenvalue weighted by Crippen LogP contribution is 2.34. The highest BCUT2D eigenvalue weighted by Gasteiger charge is 2.09. The van der Waals surface area contributed by atoms with Gasteiger partial charge in [0.15, 0.2) is 0 Å². The molecule has 1 N–H and O–H groups in total. The maximum atomic E-state index is 10.6. The molecule has 0 spiro atoms. The van der Waals surface area contributed by atoms with Crippen LogP contribution < -0.4 is 5.32 Å². The van der Waals surface area contributed by atoms with Crippen molar-refractivity contribution >= 4 is 33.7 Å². The number of amides is 1. The van der Waals surface area contributed by atoms with Crippen LogP contribution in [0, 0.1) is 6.92 Å². The van der Waals surface area contributed by atoms with Crippen LogP contribution in [0.5, 0.6) is 0 Å². The van der Waals surface area contributed by atoms with Crippen LogP contribution in [0.1, 0.15) is 5.56 Å². The van der Waals surface area contributed by atoms with Crippen molar-refractivity contribution in [2.24, 2.45) is 0 Å². The van der Waals surface area contributed by atoms with Crippen molar-refractivity contribution in [3.63, 3.8) is 0 Å². The smallest absolute Gasteiger partial charge is 0.211 e. The molecule has 3 rings (SSSR count). The van der Waals surface area contributed by atoms with Gasteiger partial charge in [-0.05, 0) is 36.8 Å². The van der Waals surface area contributed by atoms with E-state index >= 15 is 0 Å². The van der Waals surface area contributed by atoms with Crippen molar-refractivity contribution in [1.29, 1.82) is 0 Å². The van der Waals surface area contributed by atoms with Crippen LogP contribution >= 0.6 is 11.3 Å². The van der Waals surface area contributed by atoms with Crippen LogP contribution in [0.4, 0.5) is 5.69 Å². The van der Waals surface area contributed by atoms with Crippen LogP contribution in [0.15, 0.2) is 42.5 Å². The summed E-state index contributed by atoms with van der Waals surface area (Å²) in [6, 6.07) is 13.9. The largest absolute Gasteiger partial charge is 0.328 e. The van der Waals surface area contributed by atoms with E-state index in [2.05, 4.69) is 29.4 Å². The second-order valence-corrected chi connectivity index (χ2v) is 5.33. The van der Waals surface area contributed by atoms with E-state index in [1.165, 1.54) is 5.56 Å². The normalized spacial score (nSPS) is 10.6. The van der Waals surface area contributed by atoms with E-state index in [9.17, 15) is 4.79 Å². The van der Waals surface area contributed by atoms with E-state index in [-0.39, 0.29) is 0 Å². The van der Waals surface area contributed by atoms with E-state index < -0.39 is 0 Å². The molecule has 94 valence electrons. The molecule has 1 heterocycles. The van der Waals surface area contributed by atoms with E-state index in [1.54, 1.807) is 11.3 Å². The molecular weight excluding hydrogens is 256 g/mol. The molecule has 1 amide bonds. The van der Waals surface area contributed by atoms with Crippen molar-refractivity contribution in [3.05, 3.63) is 48.0 Å². The molecule has 0 bridgehead atoms. The van der Waals surface area contributed by atoms with E-state index in [0.717, 1.165) is 26.5 Å². The number of thiazole rings is 1. The first-order valence-corrected chi connectivity index (χ1v) is 6.76. The molecule has 2 aromatic carbocycles. The number of hydrogen-bond donors (Lipinski definition) is 1. The number of carbonyl (C=O) groups is 1. The maximum absolute atomic E-state index is 10.6. The first-order chi connectivity index (χ1) is 9.28. The minimum atomic E-state index is 0.691. The fourth-order valence-corrected chi connectivity index (χ4v) is 3.11. The predicted molar refractivity (Wildman–Crippen MR) is 79.5 cm³/mol. The number of para-hydroxylation sites is 1. The second-order valence-electron chi connectivity index (χ2n) is 4.30. The predicted octanol–water partition coefficient (Wildman–Crippen LogP) is 3.84. The number of carbonyl (C=O) groups excluding carboxylic acids is 1. The van der Waals surface area contributed by atoms with Gasteiger partial charge in [0.25, 0.3) is 0 Å². The Labute approximate surface area is 114 Å². The zero-order chi connectivity index (χ0) is 13.2. The number of anilines is 1. The van der Waals surface area contributed by atoms with Gasteiger partial charge in [0, 0.05) is 5.56 Å². The molecule has 0 atom stereocenters. The second kappa shape index (κ2) is 4.82. The van der Waals surface area contributed by atoms with E-state index in [1.807, 2.05) is 30.3 Å². The molecule has 3 nitrogen and oxygen atoms in total. The summed E-state index contributed by atoms with van der Waals surface area (Å²) >= 11 is 1.64. The van der Waals surface area contributed by atoms with Crippen molar-refractivity contribution in [3.8, 4) is 10.6 Å². The van der Waals surface area contributed by atoms with Gasteiger partial charge in [-0.25, -0.2) is 4.98 Å². The first-order valence-electron chi connectivity index (χ1n) is 5.95. The lowest BCUT2D eigenvalue weighted by Crippen LogP contribution is -1.95. The minimum absolute atomic E-state index is 0.691. The van der Waals surface area contributed by atoms with Crippen LogP contribution in [0.3, 0.4) is 0 Å². The Morgan fingerprint density at radius 1 is 1.21 bits per heavy atom. The average molecular weight is 268 g/mol. The number of fused-ring (bicyclic) bond motifs is 1. The molecule has 0 radical (unpaired) electrons.